The largest absolute Gasteiger partial charge is 0.508 e. The van der Waals surface area contributed by atoms with Crippen LogP contribution in [0.1, 0.15) is 34.5 Å². The Hall–Kier alpha value is -4.14. The average molecular weight is 531 g/mol. The zero-order valence-corrected chi connectivity index (χ0v) is 21.6. The molecule has 6 rings (SSSR count). The van der Waals surface area contributed by atoms with Gasteiger partial charge < -0.3 is 39.4 Å². The van der Waals surface area contributed by atoms with E-state index in [1.54, 1.807) is 55.6 Å². The summed E-state index contributed by atoms with van der Waals surface area (Å²) < 4.78 is 23.5. The van der Waals surface area contributed by atoms with Crippen LogP contribution < -0.4 is 18.9 Å². The molecule has 4 atom stereocenters. The van der Waals surface area contributed by atoms with Gasteiger partial charge >= 0.3 is 0 Å². The Labute approximate surface area is 225 Å². The van der Waals surface area contributed by atoms with Crippen molar-refractivity contribution in [3.63, 3.8) is 0 Å². The topological polar surface area (TPSA) is 118 Å². The molecule has 0 aromatic heterocycles. The van der Waals surface area contributed by atoms with E-state index in [1.807, 2.05) is 12.1 Å². The van der Waals surface area contributed by atoms with Crippen LogP contribution in [0.15, 0.2) is 60.7 Å². The van der Waals surface area contributed by atoms with E-state index in [1.165, 1.54) is 7.11 Å². The van der Waals surface area contributed by atoms with E-state index < -0.39 is 24.0 Å². The van der Waals surface area contributed by atoms with Crippen LogP contribution in [-0.4, -0.2) is 47.9 Å². The van der Waals surface area contributed by atoms with Gasteiger partial charge in [0.05, 0.1) is 39.6 Å². The first-order valence-corrected chi connectivity index (χ1v) is 12.8. The molecule has 0 bridgehead atoms. The molecule has 39 heavy (non-hydrogen) atoms. The standard InChI is InChI=1S/C31H30O8/c1-36-20-10-17(8-16-4-3-5-18(32)9-16)30-23(12-20)28(34)25(14-38-30)26-15-39-31-21-7-6-19(33)11-22(21)27(37-2)13-24(31)29(26)35/h3-7,9-13,25-26,28-29,32-35H,8,14-15H2,1-2H3/t25-,26+,28-,29+/m1/s1. The molecule has 0 amide bonds. The van der Waals surface area contributed by atoms with Crippen molar-refractivity contribution in [3.05, 3.63) is 82.9 Å². The van der Waals surface area contributed by atoms with Crippen molar-refractivity contribution < 1.29 is 39.4 Å². The zero-order valence-electron chi connectivity index (χ0n) is 21.6. The highest BCUT2D eigenvalue weighted by Crippen LogP contribution is 2.51. The van der Waals surface area contributed by atoms with E-state index in [2.05, 4.69) is 0 Å². The average Bonchev–Trinajstić information content (AvgIpc) is 2.93. The summed E-state index contributed by atoms with van der Waals surface area (Å²) in [5, 5.41) is 44.4. The minimum absolute atomic E-state index is 0.106. The summed E-state index contributed by atoms with van der Waals surface area (Å²) in [6, 6.07) is 17.3. The fraction of sp³-hybridized carbons (Fsp3) is 0.290. The van der Waals surface area contributed by atoms with E-state index in [9.17, 15) is 20.4 Å². The van der Waals surface area contributed by atoms with Crippen molar-refractivity contribution in [1.29, 1.82) is 0 Å². The number of methoxy groups -OCH3 is 2. The number of ether oxygens (including phenoxy) is 4. The van der Waals surface area contributed by atoms with Crippen molar-refractivity contribution in [2.45, 2.75) is 18.6 Å². The van der Waals surface area contributed by atoms with E-state index in [0.717, 1.165) is 16.5 Å². The summed E-state index contributed by atoms with van der Waals surface area (Å²) in [7, 11) is 3.11. The molecular formula is C31H30O8. The second kappa shape index (κ2) is 9.87. The van der Waals surface area contributed by atoms with Gasteiger partial charge in [-0.25, -0.2) is 0 Å². The molecule has 2 aliphatic heterocycles. The molecule has 2 heterocycles. The zero-order chi connectivity index (χ0) is 27.3. The summed E-state index contributed by atoms with van der Waals surface area (Å²) in [5.74, 6) is 1.59. The lowest BCUT2D eigenvalue weighted by Crippen LogP contribution is -2.40. The number of aliphatic hydroxyl groups excluding tert-OH is 2. The number of fused-ring (bicyclic) bond motifs is 4. The number of benzene rings is 4. The smallest absolute Gasteiger partial charge is 0.133 e. The van der Waals surface area contributed by atoms with E-state index in [4.69, 9.17) is 18.9 Å². The maximum atomic E-state index is 11.6. The minimum atomic E-state index is -0.942. The molecule has 4 N–H and O–H groups in total. The van der Waals surface area contributed by atoms with Crippen molar-refractivity contribution in [2.24, 2.45) is 11.8 Å². The van der Waals surface area contributed by atoms with Crippen LogP contribution in [-0.2, 0) is 6.42 Å². The van der Waals surface area contributed by atoms with E-state index in [0.29, 0.717) is 45.9 Å². The monoisotopic (exact) mass is 530 g/mol. The third-order valence-corrected chi connectivity index (χ3v) is 7.83. The summed E-state index contributed by atoms with van der Waals surface area (Å²) in [6.07, 6.45) is -1.39. The number of phenols is 2. The van der Waals surface area contributed by atoms with Gasteiger partial charge in [0.1, 0.15) is 34.5 Å². The molecule has 2 aliphatic rings. The van der Waals surface area contributed by atoms with Gasteiger partial charge in [0, 0.05) is 45.7 Å². The van der Waals surface area contributed by atoms with Crippen LogP contribution in [0.5, 0.6) is 34.5 Å². The predicted octanol–water partition coefficient (Wildman–Crippen LogP) is 4.64. The molecule has 0 fully saturated rings. The van der Waals surface area contributed by atoms with Crippen molar-refractivity contribution in [1.82, 2.24) is 0 Å². The fourth-order valence-electron chi connectivity index (χ4n) is 5.86. The van der Waals surface area contributed by atoms with Crippen molar-refractivity contribution >= 4 is 10.8 Å². The number of phenolic OH excluding ortho intramolecular Hbond substituents is 2. The normalized spacial score (nSPS) is 21.8. The number of hydrogen-bond donors (Lipinski definition) is 4. The third-order valence-electron chi connectivity index (χ3n) is 7.83. The van der Waals surface area contributed by atoms with Gasteiger partial charge in [-0.1, -0.05) is 12.1 Å². The van der Waals surface area contributed by atoms with E-state index in [-0.39, 0.29) is 24.7 Å². The predicted molar refractivity (Wildman–Crippen MR) is 144 cm³/mol. The Bertz CT molecular complexity index is 1550. The molecule has 0 aliphatic carbocycles. The maximum absolute atomic E-state index is 11.6. The van der Waals surface area contributed by atoms with Gasteiger partial charge in [-0.15, -0.1) is 0 Å². The van der Waals surface area contributed by atoms with Gasteiger partial charge in [-0.3, -0.25) is 0 Å². The number of hydrogen-bond acceptors (Lipinski definition) is 8. The van der Waals surface area contributed by atoms with Crippen LogP contribution in [0.3, 0.4) is 0 Å². The lowest BCUT2D eigenvalue weighted by atomic mass is 9.76. The van der Waals surface area contributed by atoms with Crippen LogP contribution in [0, 0.1) is 11.8 Å². The molecule has 8 nitrogen and oxygen atoms in total. The van der Waals surface area contributed by atoms with E-state index >= 15 is 0 Å². The Morgan fingerprint density at radius 3 is 2.13 bits per heavy atom. The maximum Gasteiger partial charge on any atom is 0.133 e. The summed E-state index contributed by atoms with van der Waals surface area (Å²) in [6.45, 7) is 0.365. The summed E-state index contributed by atoms with van der Waals surface area (Å²) >= 11 is 0. The van der Waals surface area contributed by atoms with Gasteiger partial charge in [0.25, 0.3) is 0 Å². The van der Waals surface area contributed by atoms with Crippen LogP contribution in [0.2, 0.25) is 0 Å². The SMILES string of the molecule is COc1cc(Cc2cccc(O)c2)c2c(c1)[C@@H](O)[C@@H]([C@@H]1COc3c(cc(OC)c4cc(O)ccc34)[C@@H]1O)CO2. The lowest BCUT2D eigenvalue weighted by molar-refractivity contribution is -0.0550. The number of rotatable bonds is 5. The van der Waals surface area contributed by atoms with Crippen molar-refractivity contribution in [2.75, 3.05) is 27.4 Å². The molecule has 0 saturated heterocycles. The lowest BCUT2D eigenvalue weighted by Gasteiger charge is -2.41. The van der Waals surface area contributed by atoms with Crippen molar-refractivity contribution in [3.8, 4) is 34.5 Å². The third kappa shape index (κ3) is 4.35. The highest BCUT2D eigenvalue weighted by molar-refractivity contribution is 5.95. The Morgan fingerprint density at radius 2 is 1.44 bits per heavy atom. The molecule has 4 aromatic rings. The first-order chi connectivity index (χ1) is 18.9. The van der Waals surface area contributed by atoms with Crippen LogP contribution in [0.25, 0.3) is 10.8 Å². The quantitative estimate of drug-likeness (QED) is 0.295. The number of aliphatic hydroxyl groups is 2. The molecule has 202 valence electrons. The molecular weight excluding hydrogens is 500 g/mol. The highest BCUT2D eigenvalue weighted by atomic mass is 16.5. The van der Waals surface area contributed by atoms with Gasteiger partial charge in [-0.05, 0) is 54.1 Å². The Kier molecular flexibility index (Phi) is 6.37. The molecule has 0 saturated carbocycles. The van der Waals surface area contributed by atoms with Gasteiger partial charge in [0.2, 0.25) is 0 Å². The van der Waals surface area contributed by atoms with Gasteiger partial charge in [0.15, 0.2) is 0 Å². The fourth-order valence-corrected chi connectivity index (χ4v) is 5.86. The molecule has 4 aromatic carbocycles. The van der Waals surface area contributed by atoms with Crippen LogP contribution in [0.4, 0.5) is 0 Å². The van der Waals surface area contributed by atoms with Crippen LogP contribution >= 0.6 is 0 Å². The second-order valence-corrected chi connectivity index (χ2v) is 10.1. The number of aromatic hydroxyl groups is 2. The summed E-state index contributed by atoms with van der Waals surface area (Å²) in [4.78, 5) is 0. The minimum Gasteiger partial charge on any atom is -0.508 e. The molecule has 8 heteroatoms. The second-order valence-electron chi connectivity index (χ2n) is 10.1. The van der Waals surface area contributed by atoms with Gasteiger partial charge in [-0.2, -0.15) is 0 Å². The first-order valence-electron chi connectivity index (χ1n) is 12.8. The summed E-state index contributed by atoms with van der Waals surface area (Å²) in [5.41, 5.74) is 2.88. The molecule has 0 unspecified atom stereocenters. The highest BCUT2D eigenvalue weighted by Gasteiger charge is 2.43. The first kappa shape index (κ1) is 25.2. The molecule has 0 spiro atoms. The molecule has 0 radical (unpaired) electrons. The Balaban J connectivity index is 1.34. The Morgan fingerprint density at radius 1 is 0.744 bits per heavy atom.